The Balaban J connectivity index is 2.17. The van der Waals surface area contributed by atoms with E-state index in [1.54, 1.807) is 11.8 Å². The molecule has 0 atom stereocenters. The summed E-state index contributed by atoms with van der Waals surface area (Å²) in [6, 6.07) is 10.3. The van der Waals surface area contributed by atoms with Crippen LogP contribution >= 0.6 is 11.8 Å². The predicted molar refractivity (Wildman–Crippen MR) is 62.3 cm³/mol. The van der Waals surface area contributed by atoms with E-state index in [0.29, 0.717) is 0 Å². The smallest absolute Gasteiger partial charge is 0.108 e. The molecule has 3 heteroatoms. The molecule has 0 amide bonds. The first kappa shape index (κ1) is 9.46. The zero-order valence-corrected chi connectivity index (χ0v) is 9.00. The molecule has 1 heterocycles. The maximum Gasteiger partial charge on any atom is 0.203 e. The Bertz CT molecular complexity index is 368. The second-order valence-corrected chi connectivity index (χ2v) is 4.03. The van der Waals surface area contributed by atoms with E-state index in [4.69, 9.17) is 0 Å². The molecular weight excluding hydrogens is 192 g/mol. The molecule has 0 unspecified atom stereocenters. The van der Waals surface area contributed by atoms with E-state index in [9.17, 15) is 0 Å². The Morgan fingerprint density at radius 2 is 2.14 bits per heavy atom. The quantitative estimate of drug-likeness (QED) is 0.642. The molecular formula is C11H13N2S+. The van der Waals surface area contributed by atoms with Gasteiger partial charge in [0.05, 0.1) is 6.42 Å². The van der Waals surface area contributed by atoms with Gasteiger partial charge in [0.2, 0.25) is 6.21 Å². The fourth-order valence-corrected chi connectivity index (χ4v) is 1.88. The predicted octanol–water partition coefficient (Wildman–Crippen LogP) is 2.20. The summed E-state index contributed by atoms with van der Waals surface area (Å²) in [5.41, 5.74) is 1.21. The molecule has 0 saturated heterocycles. The molecule has 0 fully saturated rings. The molecule has 1 aliphatic heterocycles. The Morgan fingerprint density at radius 1 is 1.36 bits per heavy atom. The van der Waals surface area contributed by atoms with Crippen LogP contribution in [0.4, 0.5) is 0 Å². The summed E-state index contributed by atoms with van der Waals surface area (Å²) in [6.45, 7) is 1.01. The summed E-state index contributed by atoms with van der Waals surface area (Å²) in [4.78, 5) is 0. The average molecular weight is 205 g/mol. The second-order valence-electron chi connectivity index (χ2n) is 3.15. The zero-order valence-electron chi connectivity index (χ0n) is 8.18. The molecule has 0 bridgehead atoms. The lowest BCUT2D eigenvalue weighted by molar-refractivity contribution is -0.517. The molecule has 1 aromatic rings. The highest BCUT2D eigenvalue weighted by Crippen LogP contribution is 2.10. The highest BCUT2D eigenvalue weighted by Gasteiger charge is 2.16. The lowest BCUT2D eigenvalue weighted by atomic mass is 10.2. The summed E-state index contributed by atoms with van der Waals surface area (Å²) in [6.07, 6.45) is 5.23. The van der Waals surface area contributed by atoms with Crippen molar-refractivity contribution >= 4 is 23.0 Å². The second kappa shape index (κ2) is 4.42. The van der Waals surface area contributed by atoms with E-state index in [1.165, 1.54) is 10.6 Å². The van der Waals surface area contributed by atoms with Crippen LogP contribution in [0.1, 0.15) is 12.0 Å². The lowest BCUT2D eigenvalue weighted by Gasteiger charge is -1.87. The number of hydrogen-bond acceptors (Lipinski definition) is 2. The normalized spacial score (nSPS) is 18.6. The third kappa shape index (κ3) is 2.23. The molecule has 0 spiro atoms. The third-order valence-corrected chi connectivity index (χ3v) is 2.89. The van der Waals surface area contributed by atoms with Crippen LogP contribution in [-0.2, 0) is 0 Å². The van der Waals surface area contributed by atoms with Crippen molar-refractivity contribution in [3.8, 4) is 0 Å². The maximum atomic E-state index is 4.46. The number of nitrogens with zero attached hydrogens (tertiary/aromatic N) is 2. The van der Waals surface area contributed by atoms with E-state index in [0.717, 1.165) is 13.0 Å². The van der Waals surface area contributed by atoms with Gasteiger partial charge in [-0.05, 0) is 18.4 Å². The van der Waals surface area contributed by atoms with Crippen molar-refractivity contribution in [1.29, 1.82) is 0 Å². The molecule has 2 nitrogen and oxygen atoms in total. The van der Waals surface area contributed by atoms with Crippen molar-refractivity contribution in [2.75, 3.05) is 12.8 Å². The number of hydrazone groups is 1. The van der Waals surface area contributed by atoms with Gasteiger partial charge in [-0.15, -0.1) is 11.8 Å². The molecule has 1 aliphatic rings. The van der Waals surface area contributed by atoms with Gasteiger partial charge in [-0.2, -0.15) is 0 Å². The van der Waals surface area contributed by atoms with Crippen LogP contribution in [-0.4, -0.2) is 28.7 Å². The first-order chi connectivity index (χ1) is 6.88. The van der Waals surface area contributed by atoms with Crippen molar-refractivity contribution in [3.05, 3.63) is 35.9 Å². The Hall–Kier alpha value is -1.09. The van der Waals surface area contributed by atoms with Gasteiger partial charge in [-0.25, -0.2) is 0 Å². The summed E-state index contributed by atoms with van der Waals surface area (Å²) in [7, 11) is 0. The largest absolute Gasteiger partial charge is 0.203 e. The Labute approximate surface area is 88.3 Å². The molecule has 72 valence electrons. The minimum atomic E-state index is 1.01. The van der Waals surface area contributed by atoms with Crippen LogP contribution in [0.5, 0.6) is 0 Å². The van der Waals surface area contributed by atoms with Gasteiger partial charge in [-0.3, -0.25) is 0 Å². The highest BCUT2D eigenvalue weighted by atomic mass is 32.2. The molecule has 0 aliphatic carbocycles. The van der Waals surface area contributed by atoms with Crippen molar-refractivity contribution in [1.82, 2.24) is 0 Å². The minimum absolute atomic E-state index is 1.01. The lowest BCUT2D eigenvalue weighted by Crippen LogP contribution is -2.02. The van der Waals surface area contributed by atoms with Gasteiger partial charge in [0.1, 0.15) is 5.04 Å². The first-order valence-corrected chi connectivity index (χ1v) is 5.89. The van der Waals surface area contributed by atoms with Crippen molar-refractivity contribution in [2.45, 2.75) is 6.42 Å². The molecule has 0 aromatic heterocycles. The molecule has 2 rings (SSSR count). The SMILES string of the molecule is CSC1=N/[N+](=C/c2ccccc2)CC1. The van der Waals surface area contributed by atoms with Gasteiger partial charge in [0.15, 0.2) is 6.54 Å². The summed E-state index contributed by atoms with van der Waals surface area (Å²) in [5, 5.41) is 5.68. The number of hydrogen-bond donors (Lipinski definition) is 0. The van der Waals surface area contributed by atoms with E-state index in [2.05, 4.69) is 29.7 Å². The van der Waals surface area contributed by atoms with Gasteiger partial charge in [-0.1, -0.05) is 22.9 Å². The van der Waals surface area contributed by atoms with Crippen LogP contribution in [0.25, 0.3) is 0 Å². The molecule has 0 N–H and O–H groups in total. The van der Waals surface area contributed by atoms with E-state index >= 15 is 0 Å². The first-order valence-electron chi connectivity index (χ1n) is 4.66. The van der Waals surface area contributed by atoms with Crippen LogP contribution in [0.2, 0.25) is 0 Å². The highest BCUT2D eigenvalue weighted by molar-refractivity contribution is 8.13. The fraction of sp³-hybridized carbons (Fsp3) is 0.273. The third-order valence-electron chi connectivity index (χ3n) is 2.13. The number of rotatable bonds is 1. The fourth-order valence-electron chi connectivity index (χ4n) is 1.40. The topological polar surface area (TPSA) is 15.4 Å². The molecule has 1 aromatic carbocycles. The van der Waals surface area contributed by atoms with Crippen LogP contribution in [0.15, 0.2) is 35.4 Å². The van der Waals surface area contributed by atoms with E-state index in [-0.39, 0.29) is 0 Å². The van der Waals surface area contributed by atoms with Gasteiger partial charge in [0.25, 0.3) is 0 Å². The Morgan fingerprint density at radius 3 is 2.79 bits per heavy atom. The average Bonchev–Trinajstić information content (AvgIpc) is 2.67. The summed E-state index contributed by atoms with van der Waals surface area (Å²) in [5.74, 6) is 0. The van der Waals surface area contributed by atoms with E-state index in [1.807, 2.05) is 22.9 Å². The van der Waals surface area contributed by atoms with Crippen LogP contribution in [0.3, 0.4) is 0 Å². The van der Waals surface area contributed by atoms with Crippen LogP contribution < -0.4 is 0 Å². The van der Waals surface area contributed by atoms with Gasteiger partial charge < -0.3 is 0 Å². The number of thioether (sulfide) groups is 1. The number of benzene rings is 1. The van der Waals surface area contributed by atoms with Crippen LogP contribution in [0, 0.1) is 0 Å². The zero-order chi connectivity index (χ0) is 9.80. The van der Waals surface area contributed by atoms with Crippen molar-refractivity contribution < 1.29 is 4.68 Å². The maximum absolute atomic E-state index is 4.46. The minimum Gasteiger partial charge on any atom is -0.108 e. The molecule has 0 saturated carbocycles. The molecule has 14 heavy (non-hydrogen) atoms. The molecule has 0 radical (unpaired) electrons. The van der Waals surface area contributed by atoms with E-state index < -0.39 is 0 Å². The summed E-state index contributed by atoms with van der Waals surface area (Å²) < 4.78 is 2.02. The van der Waals surface area contributed by atoms with Gasteiger partial charge >= 0.3 is 0 Å². The summed E-state index contributed by atoms with van der Waals surface area (Å²) >= 11 is 1.74. The standard InChI is InChI=1S/C11H13N2S/c1-14-11-7-8-13(12-11)9-10-5-3-2-4-6-10/h2-6,9H,7-8H2,1H3/q+1/b13-9+. The van der Waals surface area contributed by atoms with Gasteiger partial charge in [0, 0.05) is 10.7 Å². The monoisotopic (exact) mass is 205 g/mol. The van der Waals surface area contributed by atoms with Crippen molar-refractivity contribution in [2.24, 2.45) is 5.10 Å². The Kier molecular flexibility index (Phi) is 2.99. The van der Waals surface area contributed by atoms with Crippen molar-refractivity contribution in [3.63, 3.8) is 0 Å².